The molecular formula is C23H19ClN4O4S. The summed E-state index contributed by atoms with van der Waals surface area (Å²) in [7, 11) is 0. The molecule has 0 bridgehead atoms. The molecule has 0 radical (unpaired) electrons. The first-order chi connectivity index (χ1) is 15.9. The van der Waals surface area contributed by atoms with Crippen LogP contribution in [-0.2, 0) is 0 Å². The molecule has 8 nitrogen and oxygen atoms in total. The molecule has 2 N–H and O–H groups in total. The van der Waals surface area contributed by atoms with Gasteiger partial charge in [0.15, 0.2) is 4.96 Å². The van der Waals surface area contributed by atoms with Gasteiger partial charge in [-0.15, -0.1) is 0 Å². The largest absolute Gasteiger partial charge is 0.494 e. The average molecular weight is 483 g/mol. The lowest BCUT2D eigenvalue weighted by atomic mass is 10.2. The fourth-order valence-electron chi connectivity index (χ4n) is 3.16. The maximum atomic E-state index is 13.2. The van der Waals surface area contributed by atoms with E-state index in [0.717, 1.165) is 15.7 Å². The predicted octanol–water partition coefficient (Wildman–Crippen LogP) is 4.62. The van der Waals surface area contributed by atoms with E-state index in [1.807, 2.05) is 6.92 Å². The van der Waals surface area contributed by atoms with E-state index < -0.39 is 17.4 Å². The maximum Gasteiger partial charge on any atom is 0.274 e. The molecule has 0 aliphatic rings. The van der Waals surface area contributed by atoms with Crippen molar-refractivity contribution in [3.63, 3.8) is 0 Å². The molecule has 0 unspecified atom stereocenters. The van der Waals surface area contributed by atoms with Gasteiger partial charge in [-0.25, -0.2) is 9.38 Å². The summed E-state index contributed by atoms with van der Waals surface area (Å²) >= 11 is 6.87. The van der Waals surface area contributed by atoms with Gasteiger partial charge in [0.1, 0.15) is 16.3 Å². The van der Waals surface area contributed by atoms with Crippen LogP contribution in [0.3, 0.4) is 0 Å². The van der Waals surface area contributed by atoms with Crippen LogP contribution in [0, 0.1) is 6.92 Å². The molecule has 0 spiro atoms. The fourth-order valence-corrected chi connectivity index (χ4v) is 4.35. The van der Waals surface area contributed by atoms with Crippen LogP contribution >= 0.6 is 22.9 Å². The van der Waals surface area contributed by atoms with E-state index in [0.29, 0.717) is 34.4 Å². The van der Waals surface area contributed by atoms with Crippen LogP contribution in [0.15, 0.2) is 59.4 Å². The van der Waals surface area contributed by atoms with E-state index in [9.17, 15) is 14.4 Å². The monoisotopic (exact) mass is 482 g/mol. The highest BCUT2D eigenvalue weighted by Gasteiger charge is 2.26. The Kier molecular flexibility index (Phi) is 6.43. The SMILES string of the molecule is CCOc1ccc(NC(=O)c2c(C(=O)Nc3ccc(Cl)cc3)sc3nc(C)cc(=O)n23)cc1. The third kappa shape index (κ3) is 4.89. The number of halogens is 1. The van der Waals surface area contributed by atoms with Crippen molar-refractivity contribution < 1.29 is 14.3 Å². The van der Waals surface area contributed by atoms with Gasteiger partial charge in [0.25, 0.3) is 17.4 Å². The summed E-state index contributed by atoms with van der Waals surface area (Å²) in [5, 5.41) is 6.00. The molecule has 0 saturated carbocycles. The lowest BCUT2D eigenvalue weighted by molar-refractivity contribution is 0.0989. The number of amides is 2. The van der Waals surface area contributed by atoms with Gasteiger partial charge in [0, 0.05) is 28.2 Å². The molecule has 4 aromatic rings. The number of anilines is 2. The summed E-state index contributed by atoms with van der Waals surface area (Å²) < 4.78 is 6.56. The van der Waals surface area contributed by atoms with Crippen molar-refractivity contribution in [1.29, 1.82) is 0 Å². The van der Waals surface area contributed by atoms with Crippen molar-refractivity contribution in [3.8, 4) is 5.75 Å². The summed E-state index contributed by atoms with van der Waals surface area (Å²) in [5.74, 6) is -0.489. The topological polar surface area (TPSA) is 102 Å². The minimum Gasteiger partial charge on any atom is -0.494 e. The highest BCUT2D eigenvalue weighted by Crippen LogP contribution is 2.25. The molecule has 2 amide bonds. The fraction of sp³-hybridized carbons (Fsp3) is 0.130. The van der Waals surface area contributed by atoms with Crippen molar-refractivity contribution in [2.24, 2.45) is 0 Å². The molecule has 2 aromatic heterocycles. The van der Waals surface area contributed by atoms with E-state index in [1.165, 1.54) is 6.07 Å². The number of fused-ring (bicyclic) bond motifs is 1. The van der Waals surface area contributed by atoms with Crippen molar-refractivity contribution in [1.82, 2.24) is 9.38 Å². The van der Waals surface area contributed by atoms with Crippen LogP contribution in [0.4, 0.5) is 11.4 Å². The number of hydrogen-bond donors (Lipinski definition) is 2. The van der Waals surface area contributed by atoms with Crippen molar-refractivity contribution in [3.05, 3.63) is 86.2 Å². The van der Waals surface area contributed by atoms with E-state index in [4.69, 9.17) is 16.3 Å². The molecule has 2 heterocycles. The molecule has 2 aromatic carbocycles. The van der Waals surface area contributed by atoms with E-state index >= 15 is 0 Å². The van der Waals surface area contributed by atoms with Gasteiger partial charge in [0.05, 0.1) is 6.61 Å². The highest BCUT2D eigenvalue weighted by atomic mass is 35.5. The number of nitrogens with zero attached hydrogens (tertiary/aromatic N) is 2. The average Bonchev–Trinajstić information content (AvgIpc) is 3.17. The Bertz CT molecular complexity index is 1400. The number of benzene rings is 2. The second-order valence-electron chi connectivity index (χ2n) is 7.01. The normalized spacial score (nSPS) is 10.8. The van der Waals surface area contributed by atoms with Gasteiger partial charge < -0.3 is 15.4 Å². The molecule has 4 rings (SSSR count). The van der Waals surface area contributed by atoms with Gasteiger partial charge in [-0.05, 0) is 62.4 Å². The molecule has 0 aliphatic heterocycles. The summed E-state index contributed by atoms with van der Waals surface area (Å²) in [6, 6.07) is 14.7. The Balaban J connectivity index is 1.73. The quantitative estimate of drug-likeness (QED) is 0.417. The first-order valence-electron chi connectivity index (χ1n) is 10.00. The summed E-state index contributed by atoms with van der Waals surface area (Å²) in [4.78, 5) is 43.7. The van der Waals surface area contributed by atoms with Crippen molar-refractivity contribution >= 4 is 51.1 Å². The van der Waals surface area contributed by atoms with Crippen LogP contribution < -0.4 is 20.9 Å². The highest BCUT2D eigenvalue weighted by molar-refractivity contribution is 7.19. The number of hydrogen-bond acceptors (Lipinski definition) is 6. The number of aromatic nitrogens is 2. The van der Waals surface area contributed by atoms with Gasteiger partial charge in [-0.2, -0.15) is 0 Å². The Labute approximate surface area is 197 Å². The zero-order valence-electron chi connectivity index (χ0n) is 17.7. The molecule has 10 heteroatoms. The molecule has 0 fully saturated rings. The molecule has 168 valence electrons. The summed E-state index contributed by atoms with van der Waals surface area (Å²) in [6.45, 7) is 4.07. The zero-order chi connectivity index (χ0) is 23.5. The standard InChI is InChI=1S/C23H19ClN4O4S/c1-3-32-17-10-8-16(9-11-17)26-21(30)19-20(22(31)27-15-6-4-14(24)5-7-15)33-23-25-13(2)12-18(29)28(19)23/h4-12H,3H2,1-2H3,(H,26,30)(H,27,31). The Morgan fingerprint density at radius 2 is 1.64 bits per heavy atom. The van der Waals surface area contributed by atoms with Gasteiger partial charge >= 0.3 is 0 Å². The van der Waals surface area contributed by atoms with Crippen LogP contribution in [0.25, 0.3) is 4.96 Å². The zero-order valence-corrected chi connectivity index (χ0v) is 19.3. The number of ether oxygens (including phenoxy) is 1. The summed E-state index contributed by atoms with van der Waals surface area (Å²) in [6.07, 6.45) is 0. The number of aryl methyl sites for hydroxylation is 1. The Morgan fingerprint density at radius 1 is 1.03 bits per heavy atom. The molecular weight excluding hydrogens is 464 g/mol. The molecule has 0 saturated heterocycles. The molecule has 33 heavy (non-hydrogen) atoms. The first-order valence-corrected chi connectivity index (χ1v) is 11.2. The lowest BCUT2D eigenvalue weighted by Gasteiger charge is -2.09. The second-order valence-corrected chi connectivity index (χ2v) is 8.42. The van der Waals surface area contributed by atoms with Crippen LogP contribution in [0.2, 0.25) is 5.02 Å². The number of nitrogens with one attached hydrogen (secondary N) is 2. The van der Waals surface area contributed by atoms with Crippen molar-refractivity contribution in [2.45, 2.75) is 13.8 Å². The van der Waals surface area contributed by atoms with Crippen LogP contribution in [0.1, 0.15) is 32.8 Å². The number of rotatable bonds is 6. The lowest BCUT2D eigenvalue weighted by Crippen LogP contribution is -2.25. The first kappa shape index (κ1) is 22.5. The predicted molar refractivity (Wildman–Crippen MR) is 129 cm³/mol. The second kappa shape index (κ2) is 9.43. The van der Waals surface area contributed by atoms with Crippen LogP contribution in [-0.4, -0.2) is 27.8 Å². The smallest absolute Gasteiger partial charge is 0.274 e. The molecule has 0 atom stereocenters. The van der Waals surface area contributed by atoms with E-state index in [1.54, 1.807) is 55.5 Å². The minimum atomic E-state index is -0.612. The third-order valence-electron chi connectivity index (χ3n) is 4.59. The van der Waals surface area contributed by atoms with Crippen molar-refractivity contribution in [2.75, 3.05) is 17.2 Å². The number of carbonyl (C=O) groups is 2. The van der Waals surface area contributed by atoms with E-state index in [-0.39, 0.29) is 15.5 Å². The van der Waals surface area contributed by atoms with E-state index in [2.05, 4.69) is 15.6 Å². The third-order valence-corrected chi connectivity index (χ3v) is 5.89. The Hall–Kier alpha value is -3.69. The van der Waals surface area contributed by atoms with Gasteiger partial charge in [-0.3, -0.25) is 14.4 Å². The van der Waals surface area contributed by atoms with Crippen LogP contribution in [0.5, 0.6) is 5.75 Å². The Morgan fingerprint density at radius 3 is 2.27 bits per heavy atom. The summed E-state index contributed by atoms with van der Waals surface area (Å²) in [5.41, 5.74) is 0.935. The van der Waals surface area contributed by atoms with Gasteiger partial charge in [0.2, 0.25) is 0 Å². The number of thiazole rings is 1. The number of carbonyl (C=O) groups excluding carboxylic acids is 2. The minimum absolute atomic E-state index is 0.0589. The maximum absolute atomic E-state index is 13.2. The molecule has 0 aliphatic carbocycles. The van der Waals surface area contributed by atoms with Gasteiger partial charge in [-0.1, -0.05) is 22.9 Å².